The SMILES string of the molecule is Nc1ccccc1CNc1ccc(Cl)nc1. The highest BCUT2D eigenvalue weighted by Gasteiger charge is 1.98. The molecular weight excluding hydrogens is 222 g/mol. The number of rotatable bonds is 3. The van der Waals surface area contributed by atoms with Crippen LogP contribution in [0.5, 0.6) is 0 Å². The zero-order chi connectivity index (χ0) is 11.4. The molecule has 0 bridgehead atoms. The summed E-state index contributed by atoms with van der Waals surface area (Å²) in [5.74, 6) is 0. The van der Waals surface area contributed by atoms with E-state index in [4.69, 9.17) is 17.3 Å². The summed E-state index contributed by atoms with van der Waals surface area (Å²) in [6.45, 7) is 0.677. The van der Waals surface area contributed by atoms with Crippen molar-refractivity contribution in [1.29, 1.82) is 0 Å². The highest BCUT2D eigenvalue weighted by atomic mass is 35.5. The number of halogens is 1. The lowest BCUT2D eigenvalue weighted by atomic mass is 10.2. The summed E-state index contributed by atoms with van der Waals surface area (Å²) >= 11 is 5.70. The molecule has 0 atom stereocenters. The third-order valence-corrected chi connectivity index (χ3v) is 2.49. The van der Waals surface area contributed by atoms with Crippen LogP contribution in [0, 0.1) is 0 Å². The molecule has 1 aromatic carbocycles. The van der Waals surface area contributed by atoms with E-state index in [-0.39, 0.29) is 0 Å². The molecule has 0 radical (unpaired) electrons. The number of aromatic nitrogens is 1. The second kappa shape index (κ2) is 4.86. The van der Waals surface area contributed by atoms with Crippen molar-refractivity contribution < 1.29 is 0 Å². The molecule has 1 aromatic heterocycles. The van der Waals surface area contributed by atoms with Gasteiger partial charge in [-0.1, -0.05) is 29.8 Å². The number of pyridine rings is 1. The molecule has 0 spiro atoms. The van der Waals surface area contributed by atoms with Crippen molar-refractivity contribution in [3.05, 3.63) is 53.3 Å². The first-order valence-electron chi connectivity index (χ1n) is 4.94. The van der Waals surface area contributed by atoms with Crippen LogP contribution in [-0.2, 0) is 6.54 Å². The molecule has 0 unspecified atom stereocenters. The van der Waals surface area contributed by atoms with Gasteiger partial charge in [0.05, 0.1) is 11.9 Å². The highest BCUT2D eigenvalue weighted by molar-refractivity contribution is 6.29. The van der Waals surface area contributed by atoms with Crippen molar-refractivity contribution >= 4 is 23.0 Å². The van der Waals surface area contributed by atoms with Crippen molar-refractivity contribution in [3.8, 4) is 0 Å². The van der Waals surface area contributed by atoms with Crippen LogP contribution in [0.2, 0.25) is 5.15 Å². The highest BCUT2D eigenvalue weighted by Crippen LogP contribution is 2.14. The maximum absolute atomic E-state index is 5.83. The van der Waals surface area contributed by atoms with E-state index in [0.29, 0.717) is 11.7 Å². The molecule has 0 amide bonds. The van der Waals surface area contributed by atoms with E-state index >= 15 is 0 Å². The summed E-state index contributed by atoms with van der Waals surface area (Å²) in [6.07, 6.45) is 1.70. The zero-order valence-corrected chi connectivity index (χ0v) is 9.41. The molecule has 0 aliphatic heterocycles. The lowest BCUT2D eigenvalue weighted by Gasteiger charge is -2.08. The second-order valence-electron chi connectivity index (χ2n) is 3.42. The van der Waals surface area contributed by atoms with Gasteiger partial charge in [-0.3, -0.25) is 0 Å². The van der Waals surface area contributed by atoms with Gasteiger partial charge in [0.25, 0.3) is 0 Å². The molecule has 0 saturated carbocycles. The van der Waals surface area contributed by atoms with Crippen LogP contribution < -0.4 is 11.1 Å². The maximum atomic E-state index is 5.83. The fourth-order valence-electron chi connectivity index (χ4n) is 1.37. The first-order valence-corrected chi connectivity index (χ1v) is 5.32. The summed E-state index contributed by atoms with van der Waals surface area (Å²) in [4.78, 5) is 3.99. The monoisotopic (exact) mass is 233 g/mol. The quantitative estimate of drug-likeness (QED) is 0.633. The van der Waals surface area contributed by atoms with Crippen molar-refractivity contribution in [2.45, 2.75) is 6.54 Å². The van der Waals surface area contributed by atoms with Crippen molar-refractivity contribution in [1.82, 2.24) is 4.98 Å². The Hall–Kier alpha value is -1.74. The lowest BCUT2D eigenvalue weighted by Crippen LogP contribution is -2.02. The first kappa shape index (κ1) is 10.8. The largest absolute Gasteiger partial charge is 0.398 e. The van der Waals surface area contributed by atoms with Gasteiger partial charge in [0, 0.05) is 12.2 Å². The molecule has 82 valence electrons. The fourth-order valence-corrected chi connectivity index (χ4v) is 1.48. The Bertz CT molecular complexity index is 468. The number of benzene rings is 1. The number of hydrogen-bond acceptors (Lipinski definition) is 3. The standard InChI is InChI=1S/C12H12ClN3/c13-12-6-5-10(8-16-12)15-7-9-3-1-2-4-11(9)14/h1-6,8,15H,7,14H2. The van der Waals surface area contributed by atoms with Crippen molar-refractivity contribution in [2.75, 3.05) is 11.1 Å². The molecule has 2 aromatic rings. The Kier molecular flexibility index (Phi) is 3.27. The van der Waals surface area contributed by atoms with E-state index in [1.807, 2.05) is 30.3 Å². The number of nitrogens with two attached hydrogens (primary N) is 1. The van der Waals surface area contributed by atoms with Crippen LogP contribution >= 0.6 is 11.6 Å². The molecule has 0 aliphatic rings. The van der Waals surface area contributed by atoms with Gasteiger partial charge >= 0.3 is 0 Å². The summed E-state index contributed by atoms with van der Waals surface area (Å²) < 4.78 is 0. The zero-order valence-electron chi connectivity index (χ0n) is 8.65. The molecule has 1 heterocycles. The third kappa shape index (κ3) is 2.64. The van der Waals surface area contributed by atoms with E-state index in [1.54, 1.807) is 12.3 Å². The molecule has 0 aliphatic carbocycles. The number of hydrogen-bond donors (Lipinski definition) is 2. The lowest BCUT2D eigenvalue weighted by molar-refractivity contribution is 1.14. The van der Waals surface area contributed by atoms with Crippen LogP contribution in [-0.4, -0.2) is 4.98 Å². The van der Waals surface area contributed by atoms with Gasteiger partial charge in [-0.25, -0.2) is 4.98 Å². The average Bonchev–Trinajstić information content (AvgIpc) is 2.30. The predicted molar refractivity (Wildman–Crippen MR) is 67.4 cm³/mol. The summed E-state index contributed by atoms with van der Waals surface area (Å²) in [5, 5.41) is 3.72. The number of nitrogens with zero attached hydrogens (tertiary/aromatic N) is 1. The van der Waals surface area contributed by atoms with Crippen LogP contribution in [0.3, 0.4) is 0 Å². The molecule has 3 nitrogen and oxygen atoms in total. The Morgan fingerprint density at radius 3 is 2.69 bits per heavy atom. The summed E-state index contributed by atoms with van der Waals surface area (Å²) in [7, 11) is 0. The number of anilines is 2. The third-order valence-electron chi connectivity index (χ3n) is 2.27. The van der Waals surface area contributed by atoms with Gasteiger partial charge in [0.2, 0.25) is 0 Å². The smallest absolute Gasteiger partial charge is 0.129 e. The molecule has 3 N–H and O–H groups in total. The average molecular weight is 234 g/mol. The topological polar surface area (TPSA) is 50.9 Å². The fraction of sp³-hybridized carbons (Fsp3) is 0.0833. The van der Waals surface area contributed by atoms with E-state index in [0.717, 1.165) is 16.9 Å². The second-order valence-corrected chi connectivity index (χ2v) is 3.81. The number of para-hydroxylation sites is 1. The summed E-state index contributed by atoms with van der Waals surface area (Å²) in [5.41, 5.74) is 8.61. The molecule has 4 heteroatoms. The van der Waals surface area contributed by atoms with Crippen LogP contribution in [0.4, 0.5) is 11.4 Å². The van der Waals surface area contributed by atoms with E-state index < -0.39 is 0 Å². The Morgan fingerprint density at radius 1 is 1.19 bits per heavy atom. The molecular formula is C12H12ClN3. The molecule has 16 heavy (non-hydrogen) atoms. The number of nitrogen functional groups attached to an aromatic ring is 1. The van der Waals surface area contributed by atoms with Crippen molar-refractivity contribution in [3.63, 3.8) is 0 Å². The maximum Gasteiger partial charge on any atom is 0.129 e. The molecule has 2 rings (SSSR count). The van der Waals surface area contributed by atoms with E-state index in [1.165, 1.54) is 0 Å². The Morgan fingerprint density at radius 2 is 2.00 bits per heavy atom. The minimum absolute atomic E-state index is 0.491. The van der Waals surface area contributed by atoms with Crippen LogP contribution in [0.25, 0.3) is 0 Å². The summed E-state index contributed by atoms with van der Waals surface area (Å²) in [6, 6.07) is 11.4. The predicted octanol–water partition coefficient (Wildman–Crippen LogP) is 2.93. The van der Waals surface area contributed by atoms with Gasteiger partial charge in [0.15, 0.2) is 0 Å². The van der Waals surface area contributed by atoms with Gasteiger partial charge in [-0.2, -0.15) is 0 Å². The van der Waals surface area contributed by atoms with Gasteiger partial charge in [-0.05, 0) is 23.8 Å². The van der Waals surface area contributed by atoms with Gasteiger partial charge in [0.1, 0.15) is 5.15 Å². The normalized spacial score (nSPS) is 10.1. The van der Waals surface area contributed by atoms with Gasteiger partial charge in [-0.15, -0.1) is 0 Å². The van der Waals surface area contributed by atoms with Crippen LogP contribution in [0.15, 0.2) is 42.6 Å². The molecule has 0 fully saturated rings. The van der Waals surface area contributed by atoms with Crippen LogP contribution in [0.1, 0.15) is 5.56 Å². The molecule has 0 saturated heterocycles. The minimum atomic E-state index is 0.491. The number of nitrogens with one attached hydrogen (secondary N) is 1. The Balaban J connectivity index is 2.02. The minimum Gasteiger partial charge on any atom is -0.398 e. The van der Waals surface area contributed by atoms with Crippen molar-refractivity contribution in [2.24, 2.45) is 0 Å². The van der Waals surface area contributed by atoms with Gasteiger partial charge < -0.3 is 11.1 Å². The van der Waals surface area contributed by atoms with E-state index in [9.17, 15) is 0 Å². The van der Waals surface area contributed by atoms with E-state index in [2.05, 4.69) is 10.3 Å². The first-order chi connectivity index (χ1) is 7.75. The Labute approximate surface area is 99.3 Å².